The minimum atomic E-state index is -0.131. The standard InChI is InChI=1S/C22H29N3O3/c1-16-6-2-5-9-19(16)23-12-14-24(15-13-23)20(26)10-11-25-21(27)17-7-3-4-8-18(17)22(25)28/h2,5-6,9,17-18H,3-4,7-8,10-15H2,1H3/t17-,18+. The van der Waals surface area contributed by atoms with E-state index in [1.807, 2.05) is 17.0 Å². The third-order valence-corrected chi connectivity index (χ3v) is 6.57. The Balaban J connectivity index is 1.29. The predicted octanol–water partition coefficient (Wildman–Crippen LogP) is 2.21. The highest BCUT2D eigenvalue weighted by atomic mass is 16.2. The summed E-state index contributed by atoms with van der Waals surface area (Å²) in [5.74, 6) is -0.318. The van der Waals surface area contributed by atoms with E-state index in [0.717, 1.165) is 38.8 Å². The van der Waals surface area contributed by atoms with Gasteiger partial charge in [-0.3, -0.25) is 19.3 Å². The summed E-state index contributed by atoms with van der Waals surface area (Å²) in [6, 6.07) is 8.31. The van der Waals surface area contributed by atoms with Crippen LogP contribution >= 0.6 is 0 Å². The highest BCUT2D eigenvalue weighted by Gasteiger charge is 2.47. The summed E-state index contributed by atoms with van der Waals surface area (Å²) in [6.45, 7) is 5.32. The van der Waals surface area contributed by atoms with E-state index in [9.17, 15) is 14.4 Å². The summed E-state index contributed by atoms with van der Waals surface area (Å²) in [5, 5.41) is 0. The molecule has 2 aliphatic heterocycles. The van der Waals surface area contributed by atoms with E-state index in [-0.39, 0.29) is 42.5 Å². The van der Waals surface area contributed by atoms with Gasteiger partial charge in [-0.2, -0.15) is 0 Å². The van der Waals surface area contributed by atoms with Gasteiger partial charge in [-0.05, 0) is 31.4 Å². The van der Waals surface area contributed by atoms with Gasteiger partial charge in [-0.1, -0.05) is 31.0 Å². The number of nitrogens with zero attached hydrogens (tertiary/aromatic N) is 3. The van der Waals surface area contributed by atoms with Crippen LogP contribution in [-0.4, -0.2) is 60.2 Å². The zero-order chi connectivity index (χ0) is 19.7. The number of imide groups is 1. The van der Waals surface area contributed by atoms with Crippen molar-refractivity contribution in [1.29, 1.82) is 0 Å². The monoisotopic (exact) mass is 383 g/mol. The molecule has 2 atom stereocenters. The SMILES string of the molecule is Cc1ccccc1N1CCN(C(=O)CCN2C(=O)[C@H]3CCCC[C@H]3C2=O)CC1. The summed E-state index contributed by atoms with van der Waals surface area (Å²) >= 11 is 0. The van der Waals surface area contributed by atoms with E-state index in [4.69, 9.17) is 0 Å². The van der Waals surface area contributed by atoms with Crippen LogP contribution < -0.4 is 4.90 Å². The molecule has 1 aromatic carbocycles. The Morgan fingerprint density at radius 2 is 1.57 bits per heavy atom. The summed E-state index contributed by atoms with van der Waals surface area (Å²) < 4.78 is 0. The molecule has 0 bridgehead atoms. The van der Waals surface area contributed by atoms with Gasteiger partial charge in [0.25, 0.3) is 0 Å². The van der Waals surface area contributed by atoms with E-state index in [1.54, 1.807) is 0 Å². The number of amides is 3. The van der Waals surface area contributed by atoms with Crippen LogP contribution in [0, 0.1) is 18.8 Å². The lowest BCUT2D eigenvalue weighted by atomic mass is 9.81. The third kappa shape index (κ3) is 3.52. The van der Waals surface area contributed by atoms with Crippen LogP contribution in [-0.2, 0) is 14.4 Å². The Morgan fingerprint density at radius 1 is 0.964 bits per heavy atom. The molecule has 2 heterocycles. The van der Waals surface area contributed by atoms with Crippen molar-refractivity contribution < 1.29 is 14.4 Å². The molecule has 1 aromatic rings. The van der Waals surface area contributed by atoms with Gasteiger partial charge in [0.05, 0.1) is 11.8 Å². The number of piperazine rings is 1. The van der Waals surface area contributed by atoms with Crippen LogP contribution in [0.5, 0.6) is 0 Å². The number of likely N-dealkylation sites (tertiary alicyclic amines) is 1. The van der Waals surface area contributed by atoms with Crippen LogP contribution in [0.2, 0.25) is 0 Å². The lowest BCUT2D eigenvalue weighted by molar-refractivity contribution is -0.140. The zero-order valence-corrected chi connectivity index (χ0v) is 16.6. The Labute approximate surface area is 166 Å². The van der Waals surface area contributed by atoms with Crippen molar-refractivity contribution in [2.75, 3.05) is 37.6 Å². The number of aryl methyl sites for hydroxylation is 1. The van der Waals surface area contributed by atoms with Crippen LogP contribution in [0.25, 0.3) is 0 Å². The number of benzene rings is 1. The molecule has 0 N–H and O–H groups in total. The van der Waals surface area contributed by atoms with E-state index in [0.29, 0.717) is 13.1 Å². The largest absolute Gasteiger partial charge is 0.368 e. The van der Waals surface area contributed by atoms with Crippen molar-refractivity contribution in [3.63, 3.8) is 0 Å². The highest BCUT2D eigenvalue weighted by Crippen LogP contribution is 2.38. The van der Waals surface area contributed by atoms with Crippen LogP contribution in [0.3, 0.4) is 0 Å². The maximum Gasteiger partial charge on any atom is 0.233 e. The molecule has 0 spiro atoms. The zero-order valence-electron chi connectivity index (χ0n) is 16.6. The van der Waals surface area contributed by atoms with Gasteiger partial charge in [-0.15, -0.1) is 0 Å². The normalized spacial score (nSPS) is 25.2. The number of carbonyl (C=O) groups is 3. The first-order valence-electron chi connectivity index (χ1n) is 10.5. The summed E-state index contributed by atoms with van der Waals surface area (Å²) in [7, 11) is 0. The molecule has 1 saturated carbocycles. The Bertz CT molecular complexity index is 746. The van der Waals surface area contributed by atoms with Crippen molar-refractivity contribution in [1.82, 2.24) is 9.80 Å². The fourth-order valence-corrected chi connectivity index (χ4v) is 4.93. The van der Waals surface area contributed by atoms with Gasteiger partial charge < -0.3 is 9.80 Å². The van der Waals surface area contributed by atoms with Crippen molar-refractivity contribution in [3.8, 4) is 0 Å². The second-order valence-electron chi connectivity index (χ2n) is 8.23. The molecule has 0 aromatic heterocycles. The molecule has 1 aliphatic carbocycles. The number of hydrogen-bond donors (Lipinski definition) is 0. The molecule has 0 radical (unpaired) electrons. The summed E-state index contributed by atoms with van der Waals surface area (Å²) in [6.07, 6.45) is 3.93. The van der Waals surface area contributed by atoms with Gasteiger partial charge in [0, 0.05) is 44.8 Å². The average molecular weight is 383 g/mol. The van der Waals surface area contributed by atoms with E-state index >= 15 is 0 Å². The molecular weight excluding hydrogens is 354 g/mol. The van der Waals surface area contributed by atoms with Crippen molar-refractivity contribution in [2.24, 2.45) is 11.8 Å². The van der Waals surface area contributed by atoms with Gasteiger partial charge in [0.1, 0.15) is 0 Å². The molecule has 3 fully saturated rings. The lowest BCUT2D eigenvalue weighted by Gasteiger charge is -2.37. The van der Waals surface area contributed by atoms with Gasteiger partial charge >= 0.3 is 0 Å². The molecule has 6 heteroatoms. The third-order valence-electron chi connectivity index (χ3n) is 6.57. The summed E-state index contributed by atoms with van der Waals surface area (Å²) in [5.41, 5.74) is 2.47. The number of fused-ring (bicyclic) bond motifs is 1. The molecule has 6 nitrogen and oxygen atoms in total. The predicted molar refractivity (Wildman–Crippen MR) is 107 cm³/mol. The van der Waals surface area contributed by atoms with E-state index in [1.165, 1.54) is 16.2 Å². The quantitative estimate of drug-likeness (QED) is 0.748. The molecule has 3 amide bonds. The van der Waals surface area contributed by atoms with E-state index in [2.05, 4.69) is 24.0 Å². The number of para-hydroxylation sites is 1. The number of anilines is 1. The number of carbonyl (C=O) groups excluding carboxylic acids is 3. The van der Waals surface area contributed by atoms with Crippen LogP contribution in [0.1, 0.15) is 37.7 Å². The van der Waals surface area contributed by atoms with Gasteiger partial charge in [-0.25, -0.2) is 0 Å². The minimum absolute atomic E-state index is 0.0416. The molecule has 2 saturated heterocycles. The highest BCUT2D eigenvalue weighted by molar-refractivity contribution is 6.05. The number of rotatable bonds is 4. The molecule has 150 valence electrons. The molecule has 3 aliphatic rings. The number of hydrogen-bond acceptors (Lipinski definition) is 4. The van der Waals surface area contributed by atoms with Crippen molar-refractivity contribution in [2.45, 2.75) is 39.0 Å². The van der Waals surface area contributed by atoms with Crippen LogP contribution in [0.4, 0.5) is 5.69 Å². The molecular formula is C22H29N3O3. The fourth-order valence-electron chi connectivity index (χ4n) is 4.93. The van der Waals surface area contributed by atoms with Crippen molar-refractivity contribution >= 4 is 23.4 Å². The van der Waals surface area contributed by atoms with Gasteiger partial charge in [0.2, 0.25) is 17.7 Å². The fraction of sp³-hybridized carbons (Fsp3) is 0.591. The van der Waals surface area contributed by atoms with E-state index < -0.39 is 0 Å². The second-order valence-corrected chi connectivity index (χ2v) is 8.23. The first kappa shape index (κ1) is 19.0. The van der Waals surface area contributed by atoms with Gasteiger partial charge in [0.15, 0.2) is 0 Å². The first-order chi connectivity index (χ1) is 13.6. The molecule has 0 unspecified atom stereocenters. The smallest absolute Gasteiger partial charge is 0.233 e. The molecule has 28 heavy (non-hydrogen) atoms. The Morgan fingerprint density at radius 3 is 2.18 bits per heavy atom. The van der Waals surface area contributed by atoms with Crippen molar-refractivity contribution in [3.05, 3.63) is 29.8 Å². The topological polar surface area (TPSA) is 60.9 Å². The maximum absolute atomic E-state index is 12.7. The molecule has 4 rings (SSSR count). The van der Waals surface area contributed by atoms with Crippen LogP contribution in [0.15, 0.2) is 24.3 Å². The summed E-state index contributed by atoms with van der Waals surface area (Å²) in [4.78, 5) is 43.3. The second kappa shape index (κ2) is 7.94. The lowest BCUT2D eigenvalue weighted by Crippen LogP contribution is -2.49. The minimum Gasteiger partial charge on any atom is -0.368 e. The average Bonchev–Trinajstić information content (AvgIpc) is 2.97. The Kier molecular flexibility index (Phi) is 5.38. The Hall–Kier alpha value is -2.37. The maximum atomic E-state index is 12.7. The first-order valence-corrected chi connectivity index (χ1v) is 10.5.